The number of aromatic nitrogens is 3. The number of nitrogens with one attached hydrogen (secondary N) is 1. The predicted molar refractivity (Wildman–Crippen MR) is 126 cm³/mol. The molecule has 33 heavy (non-hydrogen) atoms. The standard InChI is InChI=1S/C26H29N5O2/c1-18-5-7-20(8-6-18)26(33)31-14-3-2-4-23(31)24-28-22-17-30(15-11-21(22)25(32)29-24)16-19-9-12-27-13-10-19/h5-10,12-13,23H,2-4,11,14-17H2,1H3,(H,28,29,32)/t23-/m1/s1. The molecule has 3 aromatic rings. The summed E-state index contributed by atoms with van der Waals surface area (Å²) in [4.78, 5) is 42.5. The van der Waals surface area contributed by atoms with Crippen molar-refractivity contribution in [2.75, 3.05) is 13.1 Å². The Labute approximate surface area is 193 Å². The molecule has 1 saturated heterocycles. The van der Waals surface area contributed by atoms with Gasteiger partial charge in [0.1, 0.15) is 5.82 Å². The first-order valence-corrected chi connectivity index (χ1v) is 11.7. The third-order valence-electron chi connectivity index (χ3n) is 6.70. The third-order valence-corrected chi connectivity index (χ3v) is 6.70. The van der Waals surface area contributed by atoms with Gasteiger partial charge in [-0.1, -0.05) is 17.7 Å². The van der Waals surface area contributed by atoms with Gasteiger partial charge in [0.2, 0.25) is 0 Å². The number of aromatic amines is 1. The fourth-order valence-corrected chi connectivity index (χ4v) is 4.87. The van der Waals surface area contributed by atoms with E-state index in [9.17, 15) is 9.59 Å². The Morgan fingerprint density at radius 3 is 2.67 bits per heavy atom. The molecule has 5 rings (SSSR count). The molecule has 1 fully saturated rings. The van der Waals surface area contributed by atoms with E-state index in [4.69, 9.17) is 4.98 Å². The lowest BCUT2D eigenvalue weighted by atomic mass is 9.99. The van der Waals surface area contributed by atoms with E-state index in [1.807, 2.05) is 48.2 Å². The van der Waals surface area contributed by atoms with Gasteiger partial charge in [0, 0.05) is 49.7 Å². The van der Waals surface area contributed by atoms with Gasteiger partial charge in [0.15, 0.2) is 0 Å². The van der Waals surface area contributed by atoms with Gasteiger partial charge in [0.25, 0.3) is 11.5 Å². The van der Waals surface area contributed by atoms with Crippen LogP contribution in [-0.2, 0) is 19.5 Å². The van der Waals surface area contributed by atoms with Crippen LogP contribution < -0.4 is 5.56 Å². The SMILES string of the molecule is Cc1ccc(C(=O)N2CCCC[C@@H]2c2nc3c(c(=O)[nH]2)CCN(Cc2ccncc2)C3)cc1. The number of carbonyl (C=O) groups excluding carboxylic acids is 1. The number of hydrogen-bond donors (Lipinski definition) is 1. The Bertz CT molecular complexity index is 1190. The van der Waals surface area contributed by atoms with Crippen LogP contribution >= 0.6 is 0 Å². The van der Waals surface area contributed by atoms with Gasteiger partial charge in [-0.2, -0.15) is 0 Å². The number of likely N-dealkylation sites (tertiary alicyclic amines) is 1. The maximum absolute atomic E-state index is 13.3. The minimum Gasteiger partial charge on any atom is -0.328 e. The predicted octanol–water partition coefficient (Wildman–Crippen LogP) is 3.40. The number of nitrogens with zero attached hydrogens (tertiary/aromatic N) is 4. The van der Waals surface area contributed by atoms with Crippen LogP contribution in [0.2, 0.25) is 0 Å². The molecular weight excluding hydrogens is 414 g/mol. The Morgan fingerprint density at radius 2 is 1.88 bits per heavy atom. The molecule has 2 aliphatic heterocycles. The van der Waals surface area contributed by atoms with Crippen molar-refractivity contribution in [2.24, 2.45) is 0 Å². The molecule has 0 radical (unpaired) electrons. The Morgan fingerprint density at radius 1 is 1.09 bits per heavy atom. The fraction of sp³-hybridized carbons (Fsp3) is 0.385. The number of hydrogen-bond acceptors (Lipinski definition) is 5. The Hall–Kier alpha value is -3.32. The lowest BCUT2D eigenvalue weighted by Gasteiger charge is -2.36. The number of piperidine rings is 1. The normalized spacial score (nSPS) is 18.7. The smallest absolute Gasteiger partial charge is 0.254 e. The first-order valence-electron chi connectivity index (χ1n) is 11.7. The van der Waals surface area contributed by atoms with Gasteiger partial charge in [0.05, 0.1) is 11.7 Å². The third kappa shape index (κ3) is 4.59. The summed E-state index contributed by atoms with van der Waals surface area (Å²) >= 11 is 0. The summed E-state index contributed by atoms with van der Waals surface area (Å²) in [6.45, 7) is 4.94. The van der Waals surface area contributed by atoms with Crippen molar-refractivity contribution in [3.8, 4) is 0 Å². The van der Waals surface area contributed by atoms with Crippen LogP contribution in [-0.4, -0.2) is 43.7 Å². The van der Waals surface area contributed by atoms with Gasteiger partial charge in [-0.15, -0.1) is 0 Å². The maximum atomic E-state index is 13.3. The topological polar surface area (TPSA) is 82.2 Å². The van der Waals surface area contributed by atoms with E-state index in [1.165, 1.54) is 5.56 Å². The van der Waals surface area contributed by atoms with Crippen LogP contribution in [0.15, 0.2) is 53.6 Å². The average molecular weight is 444 g/mol. The van der Waals surface area contributed by atoms with Gasteiger partial charge in [-0.05, 0) is 62.4 Å². The molecule has 0 aliphatic carbocycles. The van der Waals surface area contributed by atoms with Crippen molar-refractivity contribution >= 4 is 5.91 Å². The molecule has 0 spiro atoms. The molecule has 4 heterocycles. The molecule has 7 heteroatoms. The highest BCUT2D eigenvalue weighted by atomic mass is 16.2. The number of H-pyrrole nitrogens is 1. The van der Waals surface area contributed by atoms with Crippen molar-refractivity contribution in [3.63, 3.8) is 0 Å². The van der Waals surface area contributed by atoms with Crippen molar-refractivity contribution in [2.45, 2.75) is 51.7 Å². The van der Waals surface area contributed by atoms with Crippen LogP contribution in [0.4, 0.5) is 0 Å². The number of carbonyl (C=O) groups is 1. The first-order chi connectivity index (χ1) is 16.1. The van der Waals surface area contributed by atoms with Crippen molar-refractivity contribution < 1.29 is 4.79 Å². The lowest BCUT2D eigenvalue weighted by molar-refractivity contribution is 0.0598. The molecule has 170 valence electrons. The zero-order chi connectivity index (χ0) is 22.8. The second-order valence-corrected chi connectivity index (χ2v) is 9.07. The van der Waals surface area contributed by atoms with E-state index in [0.717, 1.165) is 49.2 Å². The van der Waals surface area contributed by atoms with E-state index in [1.54, 1.807) is 12.4 Å². The highest BCUT2D eigenvalue weighted by molar-refractivity contribution is 5.94. The highest BCUT2D eigenvalue weighted by Gasteiger charge is 2.32. The molecule has 1 atom stereocenters. The average Bonchev–Trinajstić information content (AvgIpc) is 2.84. The van der Waals surface area contributed by atoms with E-state index in [-0.39, 0.29) is 17.5 Å². The molecule has 0 saturated carbocycles. The van der Waals surface area contributed by atoms with Crippen molar-refractivity contribution in [3.05, 3.63) is 92.9 Å². The fourth-order valence-electron chi connectivity index (χ4n) is 4.87. The maximum Gasteiger partial charge on any atom is 0.254 e. The molecule has 0 unspecified atom stereocenters. The van der Waals surface area contributed by atoms with E-state index < -0.39 is 0 Å². The number of pyridine rings is 1. The Kier molecular flexibility index (Phi) is 6.05. The summed E-state index contributed by atoms with van der Waals surface area (Å²) in [5, 5.41) is 0. The summed E-state index contributed by atoms with van der Waals surface area (Å²) in [7, 11) is 0. The molecule has 0 bridgehead atoms. The van der Waals surface area contributed by atoms with Crippen molar-refractivity contribution in [1.82, 2.24) is 24.8 Å². The second kappa shape index (κ2) is 9.27. The van der Waals surface area contributed by atoms with Gasteiger partial charge in [-0.25, -0.2) is 4.98 Å². The van der Waals surface area contributed by atoms with Gasteiger partial charge >= 0.3 is 0 Å². The van der Waals surface area contributed by atoms with Crippen LogP contribution in [0.5, 0.6) is 0 Å². The molecule has 2 aliphatic rings. The molecule has 1 amide bonds. The van der Waals surface area contributed by atoms with Crippen LogP contribution in [0.1, 0.15) is 63.9 Å². The largest absolute Gasteiger partial charge is 0.328 e. The van der Waals surface area contributed by atoms with E-state index >= 15 is 0 Å². The second-order valence-electron chi connectivity index (χ2n) is 9.07. The minimum absolute atomic E-state index is 0.000571. The van der Waals surface area contributed by atoms with Gasteiger partial charge in [-0.3, -0.25) is 19.5 Å². The quantitative estimate of drug-likeness (QED) is 0.668. The summed E-state index contributed by atoms with van der Waals surface area (Å²) in [5.41, 5.74) is 4.54. The van der Waals surface area contributed by atoms with Gasteiger partial charge < -0.3 is 9.88 Å². The molecule has 2 aromatic heterocycles. The van der Waals surface area contributed by atoms with E-state index in [0.29, 0.717) is 30.9 Å². The molecule has 1 aromatic carbocycles. The Balaban J connectivity index is 1.41. The number of benzene rings is 1. The monoisotopic (exact) mass is 443 g/mol. The van der Waals surface area contributed by atoms with E-state index in [2.05, 4.69) is 14.9 Å². The number of aryl methyl sites for hydroxylation is 1. The summed E-state index contributed by atoms with van der Waals surface area (Å²) in [6.07, 6.45) is 7.06. The zero-order valence-corrected chi connectivity index (χ0v) is 19.0. The molecule has 1 N–H and O–H groups in total. The molecule has 7 nitrogen and oxygen atoms in total. The minimum atomic E-state index is -0.207. The van der Waals surface area contributed by atoms with Crippen LogP contribution in [0.3, 0.4) is 0 Å². The lowest BCUT2D eigenvalue weighted by Crippen LogP contribution is -2.41. The summed E-state index contributed by atoms with van der Waals surface area (Å²) < 4.78 is 0. The summed E-state index contributed by atoms with van der Waals surface area (Å²) in [6, 6.07) is 11.5. The zero-order valence-electron chi connectivity index (χ0n) is 19.0. The van der Waals surface area contributed by atoms with Crippen molar-refractivity contribution in [1.29, 1.82) is 0 Å². The number of amides is 1. The number of fused-ring (bicyclic) bond motifs is 1. The van der Waals surface area contributed by atoms with Crippen LogP contribution in [0, 0.1) is 6.92 Å². The summed E-state index contributed by atoms with van der Waals surface area (Å²) in [5.74, 6) is 0.615. The molecular formula is C26H29N5O2. The first kappa shape index (κ1) is 21.5. The van der Waals surface area contributed by atoms with Crippen LogP contribution in [0.25, 0.3) is 0 Å². The highest BCUT2D eigenvalue weighted by Crippen LogP contribution is 2.31. The number of rotatable bonds is 4.